The molecule has 1 fully saturated rings. The average molecular weight is 489 g/mol. The van der Waals surface area contributed by atoms with Gasteiger partial charge in [-0.3, -0.25) is 14.4 Å². The Hall–Kier alpha value is -3.11. The van der Waals surface area contributed by atoms with Gasteiger partial charge in [0.05, 0.1) is 22.7 Å². The zero-order valence-electron chi connectivity index (χ0n) is 19.8. The molecule has 2 aromatic rings. The highest BCUT2D eigenvalue weighted by Gasteiger charge is 2.23. The highest BCUT2D eigenvalue weighted by Crippen LogP contribution is 2.27. The van der Waals surface area contributed by atoms with E-state index >= 15 is 0 Å². The fourth-order valence-corrected chi connectivity index (χ4v) is 5.03. The monoisotopic (exact) mass is 488 g/mol. The summed E-state index contributed by atoms with van der Waals surface area (Å²) >= 11 is 0. The van der Waals surface area contributed by atoms with E-state index in [4.69, 9.17) is 0 Å². The van der Waals surface area contributed by atoms with Gasteiger partial charge in [-0.25, -0.2) is 13.2 Å². The highest BCUT2D eigenvalue weighted by molar-refractivity contribution is 7.92. The molecule has 0 bridgehead atoms. The maximum Gasteiger partial charge on any atom is 0.337 e. The van der Waals surface area contributed by atoms with E-state index in [1.165, 1.54) is 24.3 Å². The molecule has 0 aromatic heterocycles. The number of carbonyl (C=O) groups is 2. The topological polar surface area (TPSA) is 110 Å². The van der Waals surface area contributed by atoms with E-state index in [0.29, 0.717) is 51.5 Å². The fraction of sp³-hybridized carbons (Fsp3) is 0.417. The third-order valence-corrected chi connectivity index (χ3v) is 7.40. The van der Waals surface area contributed by atoms with E-state index < -0.39 is 16.0 Å². The van der Waals surface area contributed by atoms with Gasteiger partial charge in [0.25, 0.3) is 10.0 Å². The van der Waals surface area contributed by atoms with Crippen molar-refractivity contribution in [3.63, 3.8) is 0 Å². The summed E-state index contributed by atoms with van der Waals surface area (Å²) in [6, 6.07) is 11.0. The lowest BCUT2D eigenvalue weighted by molar-refractivity contribution is -0.132. The van der Waals surface area contributed by atoms with Crippen LogP contribution in [-0.4, -0.2) is 81.0 Å². The summed E-state index contributed by atoms with van der Waals surface area (Å²) in [5, 5.41) is 9.73. The van der Waals surface area contributed by atoms with E-state index in [-0.39, 0.29) is 22.1 Å². The molecule has 1 aliphatic rings. The average Bonchev–Trinajstić information content (AvgIpc) is 2.80. The molecule has 9 nitrogen and oxygen atoms in total. The van der Waals surface area contributed by atoms with Gasteiger partial charge in [0, 0.05) is 45.0 Å². The lowest BCUT2D eigenvalue weighted by Gasteiger charge is -2.36. The van der Waals surface area contributed by atoms with Crippen LogP contribution in [0.25, 0.3) is 0 Å². The summed E-state index contributed by atoms with van der Waals surface area (Å²) in [7, 11) is -3.92. The van der Waals surface area contributed by atoms with Crippen LogP contribution < -0.4 is 9.62 Å². The Morgan fingerprint density at radius 1 is 1.00 bits per heavy atom. The van der Waals surface area contributed by atoms with Crippen molar-refractivity contribution in [3.8, 4) is 0 Å². The number of sulfonamides is 1. The van der Waals surface area contributed by atoms with Gasteiger partial charge in [-0.2, -0.15) is 0 Å². The Kier molecular flexibility index (Phi) is 8.16. The van der Waals surface area contributed by atoms with E-state index in [0.717, 1.165) is 5.56 Å². The number of nitrogens with one attached hydrogen (secondary N) is 1. The quantitative estimate of drug-likeness (QED) is 0.558. The number of amides is 1. The Morgan fingerprint density at radius 3 is 2.18 bits per heavy atom. The molecule has 0 atom stereocenters. The Balaban J connectivity index is 1.71. The standard InChI is InChI=1S/C24H32N4O5S/c1-4-27(5-2)23(29)17-26-12-14-28(15-13-26)19-8-11-22(21(16-19)24(30)31)25-34(32,33)20-9-6-18(3)7-10-20/h6-11,16,25H,4-5,12-15,17H2,1-3H3,(H,30,31). The minimum absolute atomic E-state index is 0.0141. The van der Waals surface area contributed by atoms with Crippen LogP contribution in [0.1, 0.15) is 29.8 Å². The number of aryl methyl sites for hydroxylation is 1. The molecule has 0 spiro atoms. The second-order valence-corrected chi connectivity index (χ2v) is 9.97. The van der Waals surface area contributed by atoms with E-state index in [1.807, 2.05) is 30.6 Å². The number of nitrogens with zero attached hydrogens (tertiary/aromatic N) is 3. The van der Waals surface area contributed by atoms with Crippen molar-refractivity contribution in [3.05, 3.63) is 53.6 Å². The van der Waals surface area contributed by atoms with E-state index in [1.54, 1.807) is 18.2 Å². The summed E-state index contributed by atoms with van der Waals surface area (Å²) in [5.41, 5.74) is 1.52. The third kappa shape index (κ3) is 6.06. The van der Waals surface area contributed by atoms with Crippen LogP contribution in [0.3, 0.4) is 0 Å². The molecular weight excluding hydrogens is 456 g/mol. The van der Waals surface area contributed by atoms with Crippen LogP contribution in [0.5, 0.6) is 0 Å². The van der Waals surface area contributed by atoms with Crippen LogP contribution >= 0.6 is 0 Å². The maximum absolute atomic E-state index is 12.7. The van der Waals surface area contributed by atoms with Crippen molar-refractivity contribution in [2.24, 2.45) is 0 Å². The molecule has 0 radical (unpaired) electrons. The minimum atomic E-state index is -3.92. The molecule has 1 saturated heterocycles. The van der Waals surface area contributed by atoms with E-state index in [2.05, 4.69) is 9.62 Å². The van der Waals surface area contributed by atoms with Crippen LogP contribution in [0.15, 0.2) is 47.4 Å². The molecule has 1 aliphatic heterocycles. The molecule has 3 rings (SSSR count). The maximum atomic E-state index is 12.7. The van der Waals surface area contributed by atoms with Gasteiger partial charge in [-0.05, 0) is 51.1 Å². The van der Waals surface area contributed by atoms with Gasteiger partial charge < -0.3 is 14.9 Å². The number of carbonyl (C=O) groups excluding carboxylic acids is 1. The number of hydrogen-bond donors (Lipinski definition) is 2. The summed E-state index contributed by atoms with van der Waals surface area (Å²) in [4.78, 5) is 30.3. The van der Waals surface area contributed by atoms with Crippen molar-refractivity contribution in [1.29, 1.82) is 0 Å². The second-order valence-electron chi connectivity index (χ2n) is 8.28. The third-order valence-electron chi connectivity index (χ3n) is 6.02. The van der Waals surface area contributed by atoms with Gasteiger partial charge >= 0.3 is 5.97 Å². The van der Waals surface area contributed by atoms with Gasteiger partial charge in [-0.1, -0.05) is 17.7 Å². The fourth-order valence-electron chi connectivity index (χ4n) is 3.95. The zero-order chi connectivity index (χ0) is 24.9. The van der Waals surface area contributed by atoms with Crippen molar-refractivity contribution in [2.75, 3.05) is 55.4 Å². The van der Waals surface area contributed by atoms with Gasteiger partial charge in [0.1, 0.15) is 0 Å². The first-order valence-electron chi connectivity index (χ1n) is 11.4. The largest absolute Gasteiger partial charge is 0.478 e. The lowest BCUT2D eigenvalue weighted by atomic mass is 10.1. The van der Waals surface area contributed by atoms with Crippen molar-refractivity contribution in [2.45, 2.75) is 25.7 Å². The number of carboxylic acids is 1. The first kappa shape index (κ1) is 25.5. The smallest absolute Gasteiger partial charge is 0.337 e. The molecular formula is C24H32N4O5S. The predicted molar refractivity (Wildman–Crippen MR) is 132 cm³/mol. The minimum Gasteiger partial charge on any atom is -0.478 e. The number of likely N-dealkylation sites (N-methyl/N-ethyl adjacent to an activating group) is 1. The molecule has 0 saturated carbocycles. The van der Waals surface area contributed by atoms with Gasteiger partial charge in [-0.15, -0.1) is 0 Å². The number of piperazine rings is 1. The summed E-state index contributed by atoms with van der Waals surface area (Å²) < 4.78 is 27.9. The lowest BCUT2D eigenvalue weighted by Crippen LogP contribution is -2.50. The van der Waals surface area contributed by atoms with Crippen molar-refractivity contribution in [1.82, 2.24) is 9.80 Å². The number of benzene rings is 2. The summed E-state index contributed by atoms with van der Waals surface area (Å²) in [5.74, 6) is -1.11. The first-order chi connectivity index (χ1) is 16.1. The number of hydrogen-bond acceptors (Lipinski definition) is 6. The van der Waals surface area contributed by atoms with Crippen LogP contribution in [0.2, 0.25) is 0 Å². The molecule has 1 amide bonds. The molecule has 10 heteroatoms. The number of rotatable bonds is 9. The normalized spacial score (nSPS) is 14.6. The first-order valence-corrected chi connectivity index (χ1v) is 12.8. The molecule has 184 valence electrons. The number of anilines is 2. The molecule has 2 N–H and O–H groups in total. The highest BCUT2D eigenvalue weighted by atomic mass is 32.2. The summed E-state index contributed by atoms with van der Waals surface area (Å²) in [6.45, 7) is 10.2. The summed E-state index contributed by atoms with van der Waals surface area (Å²) in [6.07, 6.45) is 0. The Labute approximate surface area is 201 Å². The van der Waals surface area contributed by atoms with Crippen LogP contribution in [-0.2, 0) is 14.8 Å². The van der Waals surface area contributed by atoms with Crippen molar-refractivity contribution >= 4 is 33.3 Å². The number of carboxylic acid groups (broad SMARTS) is 1. The van der Waals surface area contributed by atoms with Gasteiger partial charge in [0.2, 0.25) is 5.91 Å². The van der Waals surface area contributed by atoms with Gasteiger partial charge in [0.15, 0.2) is 0 Å². The SMILES string of the molecule is CCN(CC)C(=O)CN1CCN(c2ccc(NS(=O)(=O)c3ccc(C)cc3)c(C(=O)O)c2)CC1. The Morgan fingerprint density at radius 2 is 1.62 bits per heavy atom. The number of aromatic carboxylic acids is 1. The van der Waals surface area contributed by atoms with Crippen LogP contribution in [0, 0.1) is 6.92 Å². The second kappa shape index (κ2) is 10.9. The Bertz CT molecular complexity index is 1120. The molecule has 0 unspecified atom stereocenters. The van der Waals surface area contributed by atoms with E-state index in [9.17, 15) is 23.1 Å². The van der Waals surface area contributed by atoms with Crippen molar-refractivity contribution < 1.29 is 23.1 Å². The zero-order valence-corrected chi connectivity index (χ0v) is 20.6. The molecule has 1 heterocycles. The molecule has 0 aliphatic carbocycles. The van der Waals surface area contributed by atoms with Crippen LogP contribution in [0.4, 0.5) is 11.4 Å². The molecule has 34 heavy (non-hydrogen) atoms. The predicted octanol–water partition coefficient (Wildman–Crippen LogP) is 2.48. The molecule has 2 aromatic carbocycles.